The molecule has 6 atom stereocenters. The van der Waals surface area contributed by atoms with E-state index in [9.17, 15) is 43.5 Å². The molecule has 20 nitrogen and oxygen atoms in total. The van der Waals surface area contributed by atoms with E-state index in [-0.39, 0.29) is 57.4 Å². The third-order valence-electron chi connectivity index (χ3n) is 16.1. The number of cyclic esters (lactones) is 2. The summed E-state index contributed by atoms with van der Waals surface area (Å²) in [5.74, 6) is -2.78. The first-order chi connectivity index (χ1) is 37.0. The summed E-state index contributed by atoms with van der Waals surface area (Å²) in [5.41, 5.74) is 5.05. The molecule has 2 unspecified atom stereocenters. The Kier molecular flexibility index (Phi) is 19.9. The molecular weight excluding hydrogens is 1030 g/mol. The number of carbonyl (C=O) groups excluding carboxylic acids is 7. The number of fused-ring (bicyclic) bond motifs is 6. The minimum Gasteiger partial charge on any atom is -0.480 e. The minimum atomic E-state index is -1.18. The highest BCUT2D eigenvalue weighted by Crippen LogP contribution is 2.35. The largest absolute Gasteiger partial charge is 0.480 e. The molecule has 442 valence electrons. The molecule has 0 radical (unpaired) electrons. The van der Waals surface area contributed by atoms with E-state index < -0.39 is 95.3 Å². The van der Waals surface area contributed by atoms with Crippen LogP contribution in [0.5, 0.6) is 0 Å². The quantitative estimate of drug-likeness (QED) is 0.188. The van der Waals surface area contributed by atoms with Crippen LogP contribution < -0.4 is 10.6 Å². The Bertz CT molecular complexity index is 2620. The van der Waals surface area contributed by atoms with E-state index in [0.717, 1.165) is 73.6 Å². The van der Waals surface area contributed by atoms with Gasteiger partial charge in [0.05, 0.1) is 33.4 Å². The number of rotatable bonds is 2. The summed E-state index contributed by atoms with van der Waals surface area (Å²) in [6.07, 6.45) is 3.58. The predicted octanol–water partition coefficient (Wildman–Crippen LogP) is 8.90. The van der Waals surface area contributed by atoms with Crippen molar-refractivity contribution in [3.63, 3.8) is 0 Å². The number of carboxylic acid groups (broad SMARTS) is 1. The van der Waals surface area contributed by atoms with Crippen LogP contribution in [0, 0.1) is 21.7 Å². The maximum absolute atomic E-state index is 13.8. The zero-order valence-corrected chi connectivity index (χ0v) is 48.2. The fourth-order valence-corrected chi connectivity index (χ4v) is 11.4. The molecule has 20 heteroatoms. The fourth-order valence-electron chi connectivity index (χ4n) is 11.4. The van der Waals surface area contributed by atoms with Crippen molar-refractivity contribution < 1.29 is 67.1 Å². The molecule has 80 heavy (non-hydrogen) atoms. The Morgan fingerprint density at radius 3 is 1.38 bits per heavy atom. The molecule has 8 bridgehead atoms. The van der Waals surface area contributed by atoms with Gasteiger partial charge in [0.15, 0.2) is 0 Å². The van der Waals surface area contributed by atoms with Crippen LogP contribution in [0.4, 0.5) is 19.2 Å². The van der Waals surface area contributed by atoms with Gasteiger partial charge in [-0.25, -0.2) is 28.8 Å². The highest BCUT2D eigenvalue weighted by molar-refractivity contribution is 5.92. The monoisotopic (exact) mass is 1120 g/mol. The Morgan fingerprint density at radius 2 is 0.988 bits per heavy atom. The van der Waals surface area contributed by atoms with Gasteiger partial charge in [-0.1, -0.05) is 126 Å². The summed E-state index contributed by atoms with van der Waals surface area (Å²) in [5, 5.41) is 15.3. The van der Waals surface area contributed by atoms with Gasteiger partial charge in [-0.05, 0) is 93.6 Å². The molecule has 0 aromatic heterocycles. The van der Waals surface area contributed by atoms with E-state index in [4.69, 9.17) is 23.7 Å². The SMILES string of the molecule is C.CC1(C)CCCCc2cccc3c2CN(C3)C(=O)OC2C[C@@H](C(=O)O)N(C2)C(=O)[C@H](C(C)(C)C)NC(=O)OC1.COC(=O)[C@@H]1CC2CN1C(=O)[C@H](C(C)(C)C)NC(=O)OCC(C)(C)CCCCc1cccc3c1CN(C3)C(=O)O2. The average molecular weight is 1120 g/mol. The summed E-state index contributed by atoms with van der Waals surface area (Å²) in [4.78, 5) is 110. The molecule has 0 saturated carbocycles. The number of ether oxygens (including phenoxy) is 5. The molecule has 2 aromatic rings. The molecule has 0 spiro atoms. The van der Waals surface area contributed by atoms with E-state index in [2.05, 4.69) is 36.6 Å². The third-order valence-corrected chi connectivity index (χ3v) is 16.1. The number of aliphatic carboxylic acids is 1. The highest BCUT2D eigenvalue weighted by atomic mass is 16.6. The number of carbonyl (C=O) groups is 8. The smallest absolute Gasteiger partial charge is 0.410 e. The van der Waals surface area contributed by atoms with Gasteiger partial charge >= 0.3 is 36.3 Å². The van der Waals surface area contributed by atoms with Gasteiger partial charge in [-0.2, -0.15) is 0 Å². The van der Waals surface area contributed by atoms with Crippen LogP contribution >= 0.6 is 0 Å². The zero-order valence-electron chi connectivity index (χ0n) is 48.2. The summed E-state index contributed by atoms with van der Waals surface area (Å²) in [7, 11) is 1.26. The van der Waals surface area contributed by atoms with Crippen molar-refractivity contribution in [2.75, 3.05) is 33.4 Å². The number of methoxy groups -OCH3 is 1. The normalized spacial score (nSPS) is 25.9. The first kappa shape index (κ1) is 62.6. The van der Waals surface area contributed by atoms with Crippen molar-refractivity contribution in [2.24, 2.45) is 21.7 Å². The summed E-state index contributed by atoms with van der Waals surface area (Å²) >= 11 is 0. The number of amides is 6. The van der Waals surface area contributed by atoms with Crippen LogP contribution in [0.15, 0.2) is 36.4 Å². The average Bonchev–Trinajstić information content (AvgIpc) is 4.20. The van der Waals surface area contributed by atoms with Gasteiger partial charge in [-0.3, -0.25) is 19.4 Å². The molecule has 0 aliphatic carbocycles. The van der Waals surface area contributed by atoms with E-state index in [1.807, 2.05) is 58.9 Å². The molecule has 2 saturated heterocycles. The molecule has 8 rings (SSSR count). The second kappa shape index (κ2) is 25.5. The molecule has 6 heterocycles. The Hall–Kier alpha value is -6.60. The number of carboxylic acids is 1. The lowest BCUT2D eigenvalue weighted by molar-refractivity contribution is -0.152. The van der Waals surface area contributed by atoms with E-state index >= 15 is 0 Å². The van der Waals surface area contributed by atoms with Crippen molar-refractivity contribution in [2.45, 2.75) is 203 Å². The van der Waals surface area contributed by atoms with Crippen molar-refractivity contribution in [1.29, 1.82) is 0 Å². The van der Waals surface area contributed by atoms with Gasteiger partial charge in [-0.15, -0.1) is 0 Å². The van der Waals surface area contributed by atoms with Gasteiger partial charge in [0, 0.05) is 39.0 Å². The number of hydrogen-bond donors (Lipinski definition) is 3. The fraction of sp³-hybridized carbons (Fsp3) is 0.667. The van der Waals surface area contributed by atoms with Gasteiger partial charge < -0.3 is 49.2 Å². The van der Waals surface area contributed by atoms with Crippen LogP contribution in [0.3, 0.4) is 0 Å². The van der Waals surface area contributed by atoms with Gasteiger partial charge in [0.1, 0.15) is 36.4 Å². The van der Waals surface area contributed by atoms with Crippen LogP contribution in [0.2, 0.25) is 0 Å². The van der Waals surface area contributed by atoms with E-state index in [1.165, 1.54) is 28.0 Å². The van der Waals surface area contributed by atoms with Crippen molar-refractivity contribution in [3.8, 4) is 0 Å². The van der Waals surface area contributed by atoms with Crippen LogP contribution in [-0.2, 0) is 81.9 Å². The standard InChI is InChI=1S/C30H43N3O7.C29H41N3O7.CH4/c1-29(2,3)24-25(34)33-16-21(14-23(33)26(35)38-6)40-28(37)32-15-20-12-9-11-19(22(20)17-32)10-7-8-13-30(4,5)18-39-27(36)31-24;1-28(2,3)23-24(33)32-15-20(13-22(32)25(34)35)39-27(37)31-14-19-11-8-10-18(21(19)16-31)9-6-7-12-29(4,5)17-38-26(36)30-23;/h9,11-12,21,23-24H,7-8,10,13-18H2,1-6H3,(H,31,36);8,10-11,20,22-23H,6-7,9,12-17H2,1-5H3,(H,30,36)(H,34,35);1H4/t21?,23-,24+;20?,22-,23+;/m00./s1. The second-order valence-electron chi connectivity index (χ2n) is 26.0. The Labute approximate surface area is 472 Å². The number of nitrogens with one attached hydrogen (secondary N) is 2. The number of benzene rings is 2. The highest BCUT2D eigenvalue weighted by Gasteiger charge is 2.49. The van der Waals surface area contributed by atoms with Crippen molar-refractivity contribution in [3.05, 3.63) is 69.8 Å². The van der Waals surface area contributed by atoms with Crippen LogP contribution in [-0.4, -0.2) is 143 Å². The lowest BCUT2D eigenvalue weighted by Gasteiger charge is -2.35. The molecule has 6 aliphatic rings. The minimum absolute atomic E-state index is 0. The first-order valence-corrected chi connectivity index (χ1v) is 27.9. The predicted molar refractivity (Wildman–Crippen MR) is 297 cm³/mol. The maximum atomic E-state index is 13.8. The molecule has 6 amide bonds. The van der Waals surface area contributed by atoms with Gasteiger partial charge in [0.25, 0.3) is 0 Å². The molecule has 2 fully saturated rings. The maximum Gasteiger partial charge on any atom is 0.410 e. The summed E-state index contributed by atoms with van der Waals surface area (Å²) in [6, 6.07) is 8.22. The third kappa shape index (κ3) is 15.4. The van der Waals surface area contributed by atoms with Crippen LogP contribution in [0.1, 0.15) is 161 Å². The number of esters is 1. The molecular formula is C60H88N6O14. The number of hydrogen-bond acceptors (Lipinski definition) is 13. The first-order valence-electron chi connectivity index (χ1n) is 27.9. The Morgan fingerprint density at radius 1 is 0.600 bits per heavy atom. The lowest BCUT2D eigenvalue weighted by Crippen LogP contribution is -2.57. The van der Waals surface area contributed by atoms with Crippen LogP contribution in [0.25, 0.3) is 0 Å². The molecule has 3 N–H and O–H groups in total. The molecule has 2 aromatic carbocycles. The number of alkyl carbamates (subject to hydrolysis) is 2. The number of aryl methyl sites for hydroxylation is 2. The lowest BCUT2D eigenvalue weighted by atomic mass is 9.85. The summed E-state index contributed by atoms with van der Waals surface area (Å²) in [6.45, 7) is 21.3. The topological polar surface area (TPSA) is 240 Å². The second-order valence-corrected chi connectivity index (χ2v) is 26.0. The summed E-state index contributed by atoms with van der Waals surface area (Å²) < 4.78 is 27.7. The zero-order chi connectivity index (χ0) is 57.8. The van der Waals surface area contributed by atoms with E-state index in [0.29, 0.717) is 26.2 Å². The molecule has 6 aliphatic heterocycles. The van der Waals surface area contributed by atoms with Gasteiger partial charge in [0.2, 0.25) is 11.8 Å². The van der Waals surface area contributed by atoms with E-state index in [1.54, 1.807) is 30.6 Å². The van der Waals surface area contributed by atoms with Crippen molar-refractivity contribution in [1.82, 2.24) is 30.2 Å². The van der Waals surface area contributed by atoms with Crippen molar-refractivity contribution >= 4 is 48.1 Å². The Balaban J connectivity index is 0.000000255. The number of nitrogens with zero attached hydrogens (tertiary/aromatic N) is 4.